The van der Waals surface area contributed by atoms with E-state index in [1.807, 2.05) is 6.07 Å². The highest BCUT2D eigenvalue weighted by atomic mass is 32.1. The fourth-order valence-electron chi connectivity index (χ4n) is 0.816. The molecule has 0 aliphatic heterocycles. The van der Waals surface area contributed by atoms with Gasteiger partial charge in [-0.3, -0.25) is 4.98 Å². The number of hydrogen-bond acceptors (Lipinski definition) is 5. The second kappa shape index (κ2) is 2.86. The van der Waals surface area contributed by atoms with Crippen LogP contribution in [0.15, 0.2) is 23.8 Å². The van der Waals surface area contributed by atoms with Crippen LogP contribution in [0.3, 0.4) is 0 Å². The van der Waals surface area contributed by atoms with Gasteiger partial charge in [-0.25, -0.2) is 0 Å². The molecule has 2 N–H and O–H groups in total. The molecule has 0 atom stereocenters. The summed E-state index contributed by atoms with van der Waals surface area (Å²) in [6.07, 6.45) is 1.75. The van der Waals surface area contributed by atoms with Gasteiger partial charge >= 0.3 is 0 Å². The van der Waals surface area contributed by atoms with E-state index in [9.17, 15) is 0 Å². The van der Waals surface area contributed by atoms with Crippen molar-refractivity contribution < 1.29 is 0 Å². The highest BCUT2D eigenvalue weighted by Crippen LogP contribution is 2.19. The monoisotopic (exact) mass is 178 g/mol. The van der Waals surface area contributed by atoms with E-state index < -0.39 is 0 Å². The minimum Gasteiger partial charge on any atom is -0.382 e. The van der Waals surface area contributed by atoms with Crippen molar-refractivity contribution in [2.24, 2.45) is 0 Å². The third kappa shape index (κ3) is 1.26. The summed E-state index contributed by atoms with van der Waals surface area (Å²) in [6.45, 7) is 0. The second-order valence-corrected chi connectivity index (χ2v) is 3.10. The van der Waals surface area contributed by atoms with Gasteiger partial charge in [0.15, 0.2) is 0 Å². The fraction of sp³-hybridized carbons (Fsp3) is 0. The normalized spacial score (nSPS) is 10.0. The predicted octanol–water partition coefficient (Wildman–Crippen LogP) is 1.18. The van der Waals surface area contributed by atoms with E-state index in [2.05, 4.69) is 15.2 Å². The Morgan fingerprint density at radius 1 is 1.25 bits per heavy atom. The van der Waals surface area contributed by atoms with Crippen LogP contribution in [0.2, 0.25) is 0 Å². The molecule has 0 amide bonds. The number of hydrogen-bond donors (Lipinski definition) is 1. The Balaban J connectivity index is 2.43. The standard InChI is InChI=1S/C7H6N4S/c8-7-2-1-5(10-11-7)6-3-9-4-12-6/h1-4H,(H2,8,11). The van der Waals surface area contributed by atoms with Crippen LogP contribution >= 0.6 is 11.3 Å². The number of rotatable bonds is 1. The van der Waals surface area contributed by atoms with Gasteiger partial charge in [-0.1, -0.05) is 0 Å². The number of aromatic nitrogens is 3. The smallest absolute Gasteiger partial charge is 0.146 e. The molecule has 2 rings (SSSR count). The van der Waals surface area contributed by atoms with Gasteiger partial charge in [0.2, 0.25) is 0 Å². The quantitative estimate of drug-likeness (QED) is 0.712. The van der Waals surface area contributed by atoms with Crippen LogP contribution in [0.25, 0.3) is 10.6 Å². The van der Waals surface area contributed by atoms with Gasteiger partial charge in [0.25, 0.3) is 0 Å². The lowest BCUT2D eigenvalue weighted by molar-refractivity contribution is 1.05. The van der Waals surface area contributed by atoms with Crippen LogP contribution in [0.4, 0.5) is 5.82 Å². The fourth-order valence-corrected chi connectivity index (χ4v) is 1.40. The van der Waals surface area contributed by atoms with Crippen LogP contribution in [0.1, 0.15) is 0 Å². The number of nitrogens with zero attached hydrogens (tertiary/aromatic N) is 3. The van der Waals surface area contributed by atoms with Crippen molar-refractivity contribution in [2.75, 3.05) is 5.73 Å². The third-order valence-electron chi connectivity index (χ3n) is 1.37. The molecule has 2 aromatic heterocycles. The SMILES string of the molecule is Nc1ccc(-c2cncs2)nn1. The van der Waals surface area contributed by atoms with Crippen LogP contribution < -0.4 is 5.73 Å². The lowest BCUT2D eigenvalue weighted by Crippen LogP contribution is -1.92. The summed E-state index contributed by atoms with van der Waals surface area (Å²) in [4.78, 5) is 4.94. The van der Waals surface area contributed by atoms with Crippen molar-refractivity contribution in [3.63, 3.8) is 0 Å². The Bertz CT molecular complexity index is 353. The Kier molecular flexibility index (Phi) is 1.71. The molecule has 4 nitrogen and oxygen atoms in total. The molecule has 0 unspecified atom stereocenters. The Morgan fingerprint density at radius 3 is 2.75 bits per heavy atom. The molecule has 12 heavy (non-hydrogen) atoms. The molecule has 0 aliphatic rings. The van der Waals surface area contributed by atoms with Crippen molar-refractivity contribution in [3.8, 4) is 10.6 Å². The van der Waals surface area contributed by atoms with E-state index in [1.54, 1.807) is 17.8 Å². The first kappa shape index (κ1) is 7.17. The highest BCUT2D eigenvalue weighted by molar-refractivity contribution is 7.13. The van der Waals surface area contributed by atoms with Gasteiger partial charge in [-0.2, -0.15) is 0 Å². The van der Waals surface area contributed by atoms with Gasteiger partial charge in [0.05, 0.1) is 10.4 Å². The molecule has 0 fully saturated rings. The van der Waals surface area contributed by atoms with Crippen LogP contribution in [0, 0.1) is 0 Å². The van der Waals surface area contributed by atoms with Crippen molar-refractivity contribution in [3.05, 3.63) is 23.8 Å². The molecule has 60 valence electrons. The van der Waals surface area contributed by atoms with Gasteiger partial charge in [-0.05, 0) is 12.1 Å². The molecule has 0 bridgehead atoms. The number of nitrogens with two attached hydrogens (primary N) is 1. The molecule has 0 saturated heterocycles. The first-order valence-electron chi connectivity index (χ1n) is 3.34. The highest BCUT2D eigenvalue weighted by Gasteiger charge is 1.99. The molecule has 0 spiro atoms. The summed E-state index contributed by atoms with van der Waals surface area (Å²) in [5.74, 6) is 0.434. The minimum absolute atomic E-state index is 0.434. The Hall–Kier alpha value is -1.49. The van der Waals surface area contributed by atoms with Crippen molar-refractivity contribution >= 4 is 17.2 Å². The lowest BCUT2D eigenvalue weighted by Gasteiger charge is -1.93. The first-order valence-corrected chi connectivity index (χ1v) is 4.22. The summed E-state index contributed by atoms with van der Waals surface area (Å²) >= 11 is 1.53. The largest absolute Gasteiger partial charge is 0.382 e. The maximum Gasteiger partial charge on any atom is 0.146 e. The third-order valence-corrected chi connectivity index (χ3v) is 2.17. The average Bonchev–Trinajstić information content (AvgIpc) is 2.58. The maximum atomic E-state index is 5.39. The van der Waals surface area contributed by atoms with E-state index >= 15 is 0 Å². The zero-order valence-corrected chi connectivity index (χ0v) is 6.95. The predicted molar refractivity (Wildman–Crippen MR) is 47.6 cm³/mol. The Labute approximate surface area is 73.1 Å². The van der Waals surface area contributed by atoms with Crippen LogP contribution in [-0.4, -0.2) is 15.2 Å². The van der Waals surface area contributed by atoms with Gasteiger partial charge in [-0.15, -0.1) is 21.5 Å². The second-order valence-electron chi connectivity index (χ2n) is 2.21. The van der Waals surface area contributed by atoms with Crippen molar-refractivity contribution in [2.45, 2.75) is 0 Å². The summed E-state index contributed by atoms with van der Waals surface area (Å²) < 4.78 is 0. The average molecular weight is 178 g/mol. The number of anilines is 1. The maximum absolute atomic E-state index is 5.39. The number of thiazole rings is 1. The Morgan fingerprint density at radius 2 is 2.17 bits per heavy atom. The zero-order valence-electron chi connectivity index (χ0n) is 6.14. The van der Waals surface area contributed by atoms with E-state index in [0.29, 0.717) is 5.82 Å². The van der Waals surface area contributed by atoms with E-state index in [0.717, 1.165) is 10.6 Å². The molecule has 0 aliphatic carbocycles. The van der Waals surface area contributed by atoms with E-state index in [4.69, 9.17) is 5.73 Å². The molecule has 2 heterocycles. The molecule has 0 saturated carbocycles. The zero-order chi connectivity index (χ0) is 8.39. The molecular formula is C7H6N4S. The topological polar surface area (TPSA) is 64.7 Å². The molecule has 5 heteroatoms. The summed E-state index contributed by atoms with van der Waals surface area (Å²) in [5.41, 5.74) is 7.96. The lowest BCUT2D eigenvalue weighted by atomic mass is 10.3. The summed E-state index contributed by atoms with van der Waals surface area (Å²) in [6, 6.07) is 3.55. The summed E-state index contributed by atoms with van der Waals surface area (Å²) in [5, 5.41) is 7.66. The summed E-state index contributed by atoms with van der Waals surface area (Å²) in [7, 11) is 0. The van der Waals surface area contributed by atoms with Gasteiger partial charge in [0.1, 0.15) is 11.5 Å². The molecule has 0 aromatic carbocycles. The van der Waals surface area contributed by atoms with Crippen molar-refractivity contribution in [1.82, 2.24) is 15.2 Å². The molecule has 0 radical (unpaired) electrons. The van der Waals surface area contributed by atoms with E-state index in [1.165, 1.54) is 11.3 Å². The molecule has 2 aromatic rings. The molecular weight excluding hydrogens is 172 g/mol. The van der Waals surface area contributed by atoms with E-state index in [-0.39, 0.29) is 0 Å². The number of nitrogen functional groups attached to an aromatic ring is 1. The first-order chi connectivity index (χ1) is 5.86. The minimum atomic E-state index is 0.434. The van der Waals surface area contributed by atoms with Crippen LogP contribution in [-0.2, 0) is 0 Å². The van der Waals surface area contributed by atoms with Crippen LogP contribution in [0.5, 0.6) is 0 Å². The van der Waals surface area contributed by atoms with Gasteiger partial charge < -0.3 is 5.73 Å². The van der Waals surface area contributed by atoms with Gasteiger partial charge in [0, 0.05) is 6.20 Å². The van der Waals surface area contributed by atoms with Crippen molar-refractivity contribution in [1.29, 1.82) is 0 Å².